The van der Waals surface area contributed by atoms with Crippen molar-refractivity contribution in [2.24, 2.45) is 0 Å². The van der Waals surface area contributed by atoms with Gasteiger partial charge in [0.05, 0.1) is 12.7 Å². The second-order valence-corrected chi connectivity index (χ2v) is 2.75. The molecule has 0 aliphatic heterocycles. The summed E-state index contributed by atoms with van der Waals surface area (Å²) < 4.78 is 4.84. The molecule has 0 heterocycles. The molecule has 0 rings (SSSR count). The van der Waals surface area contributed by atoms with Crippen LogP contribution in [0.5, 0.6) is 0 Å². The molecule has 0 radical (unpaired) electrons. The van der Waals surface area contributed by atoms with Crippen LogP contribution in [0.2, 0.25) is 0 Å². The Morgan fingerprint density at radius 3 is 2.67 bits per heavy atom. The van der Waals surface area contributed by atoms with Crippen LogP contribution < -0.4 is 0 Å². The summed E-state index contributed by atoms with van der Waals surface area (Å²) in [5.74, 6) is -0.307. The zero-order chi connectivity index (χ0) is 9.56. The van der Waals surface area contributed by atoms with Gasteiger partial charge in [-0.2, -0.15) is 0 Å². The number of hydrogen-bond acceptors (Lipinski definition) is 3. The maximum absolute atomic E-state index is 11.0. The van der Waals surface area contributed by atoms with Crippen LogP contribution in [-0.2, 0) is 9.53 Å². The van der Waals surface area contributed by atoms with E-state index in [1.807, 2.05) is 0 Å². The van der Waals surface area contributed by atoms with Crippen molar-refractivity contribution >= 4 is 5.97 Å². The van der Waals surface area contributed by atoms with E-state index in [-0.39, 0.29) is 12.6 Å². The Kier molecular flexibility index (Phi) is 5.37. The molecule has 1 atom stereocenters. The summed E-state index contributed by atoms with van der Waals surface area (Å²) >= 11 is 0. The van der Waals surface area contributed by atoms with Crippen molar-refractivity contribution in [3.63, 3.8) is 0 Å². The molecule has 0 aromatic carbocycles. The van der Waals surface area contributed by atoms with E-state index in [1.165, 1.54) is 0 Å². The third kappa shape index (κ3) is 4.91. The van der Waals surface area contributed by atoms with Crippen molar-refractivity contribution < 1.29 is 14.6 Å². The van der Waals surface area contributed by atoms with E-state index < -0.39 is 6.10 Å². The van der Waals surface area contributed by atoms with Crippen LogP contribution in [0.3, 0.4) is 0 Å². The van der Waals surface area contributed by atoms with Gasteiger partial charge in [0, 0.05) is 12.0 Å². The molecule has 0 bridgehead atoms. The standard InChI is InChI=1S/C9H16O3/c1-4-7(2)9(11)12-6-5-8(3)10/h4,8,10H,5-6H2,1-3H3/b7-4+. The number of hydrogen-bond donors (Lipinski definition) is 1. The number of allylic oxidation sites excluding steroid dienone is 1. The zero-order valence-electron chi connectivity index (χ0n) is 7.83. The average molecular weight is 172 g/mol. The third-order valence-corrected chi connectivity index (χ3v) is 1.52. The molecule has 0 spiro atoms. The highest BCUT2D eigenvalue weighted by Crippen LogP contribution is 1.97. The molecule has 3 nitrogen and oxygen atoms in total. The Balaban J connectivity index is 3.58. The molecule has 1 unspecified atom stereocenters. The fraction of sp³-hybridized carbons (Fsp3) is 0.667. The molecule has 0 amide bonds. The highest BCUT2D eigenvalue weighted by atomic mass is 16.5. The first-order valence-electron chi connectivity index (χ1n) is 4.06. The van der Waals surface area contributed by atoms with Crippen LogP contribution in [0.25, 0.3) is 0 Å². The molecule has 0 aromatic heterocycles. The van der Waals surface area contributed by atoms with Crippen molar-refractivity contribution in [3.05, 3.63) is 11.6 Å². The lowest BCUT2D eigenvalue weighted by Crippen LogP contribution is -2.11. The highest BCUT2D eigenvalue weighted by Gasteiger charge is 2.04. The van der Waals surface area contributed by atoms with E-state index in [0.717, 1.165) is 0 Å². The summed E-state index contributed by atoms with van der Waals surface area (Å²) in [5.41, 5.74) is 0.598. The van der Waals surface area contributed by atoms with Gasteiger partial charge < -0.3 is 9.84 Å². The van der Waals surface area contributed by atoms with Crippen molar-refractivity contribution in [2.75, 3.05) is 6.61 Å². The van der Waals surface area contributed by atoms with Crippen molar-refractivity contribution in [1.82, 2.24) is 0 Å². The molecule has 0 fully saturated rings. The largest absolute Gasteiger partial charge is 0.462 e. The van der Waals surface area contributed by atoms with Gasteiger partial charge in [0.1, 0.15) is 0 Å². The Bertz CT molecular complexity index is 171. The minimum atomic E-state index is -0.413. The molecule has 0 saturated carbocycles. The minimum absolute atomic E-state index is 0.279. The molecular formula is C9H16O3. The maximum atomic E-state index is 11.0. The molecule has 0 saturated heterocycles. The zero-order valence-corrected chi connectivity index (χ0v) is 7.83. The maximum Gasteiger partial charge on any atom is 0.333 e. The van der Waals surface area contributed by atoms with Gasteiger partial charge in [0.25, 0.3) is 0 Å². The number of esters is 1. The fourth-order valence-electron chi connectivity index (χ4n) is 0.554. The van der Waals surface area contributed by atoms with E-state index in [0.29, 0.717) is 12.0 Å². The minimum Gasteiger partial charge on any atom is -0.462 e. The lowest BCUT2D eigenvalue weighted by atomic mass is 10.3. The van der Waals surface area contributed by atoms with E-state index in [9.17, 15) is 4.79 Å². The first-order valence-corrected chi connectivity index (χ1v) is 4.06. The molecule has 12 heavy (non-hydrogen) atoms. The van der Waals surface area contributed by atoms with Crippen LogP contribution in [0.4, 0.5) is 0 Å². The van der Waals surface area contributed by atoms with Gasteiger partial charge in [0.15, 0.2) is 0 Å². The predicted octanol–water partition coefficient (Wildman–Crippen LogP) is 1.27. The molecule has 0 aliphatic carbocycles. The van der Waals surface area contributed by atoms with Gasteiger partial charge in [-0.25, -0.2) is 4.79 Å². The second-order valence-electron chi connectivity index (χ2n) is 2.75. The Morgan fingerprint density at radius 1 is 1.67 bits per heavy atom. The van der Waals surface area contributed by atoms with Gasteiger partial charge in [-0.05, 0) is 20.8 Å². The topological polar surface area (TPSA) is 46.5 Å². The summed E-state index contributed by atoms with van der Waals surface area (Å²) in [6, 6.07) is 0. The van der Waals surface area contributed by atoms with Gasteiger partial charge in [0.2, 0.25) is 0 Å². The van der Waals surface area contributed by atoms with Gasteiger partial charge in [-0.1, -0.05) is 6.08 Å². The van der Waals surface area contributed by atoms with Crippen LogP contribution in [-0.4, -0.2) is 23.8 Å². The van der Waals surface area contributed by atoms with Crippen LogP contribution in [0.15, 0.2) is 11.6 Å². The average Bonchev–Trinajstić information content (AvgIpc) is 2.02. The highest BCUT2D eigenvalue weighted by molar-refractivity contribution is 5.87. The fourth-order valence-corrected chi connectivity index (χ4v) is 0.554. The van der Waals surface area contributed by atoms with E-state index in [1.54, 1.807) is 26.8 Å². The summed E-state index contributed by atoms with van der Waals surface area (Å²) in [5, 5.41) is 8.86. The van der Waals surface area contributed by atoms with Crippen LogP contribution in [0.1, 0.15) is 27.2 Å². The Morgan fingerprint density at radius 2 is 2.25 bits per heavy atom. The van der Waals surface area contributed by atoms with Gasteiger partial charge >= 0.3 is 5.97 Å². The number of rotatable bonds is 4. The number of carbonyl (C=O) groups is 1. The summed E-state index contributed by atoms with van der Waals surface area (Å²) in [7, 11) is 0. The monoisotopic (exact) mass is 172 g/mol. The summed E-state index contributed by atoms with van der Waals surface area (Å²) in [6.45, 7) is 5.42. The first-order chi connectivity index (χ1) is 5.57. The van der Waals surface area contributed by atoms with E-state index in [2.05, 4.69) is 0 Å². The number of carbonyl (C=O) groups excluding carboxylic acids is 1. The van der Waals surface area contributed by atoms with Crippen LogP contribution in [0, 0.1) is 0 Å². The van der Waals surface area contributed by atoms with Crippen molar-refractivity contribution in [1.29, 1.82) is 0 Å². The lowest BCUT2D eigenvalue weighted by Gasteiger charge is -2.05. The van der Waals surface area contributed by atoms with Gasteiger partial charge in [-0.15, -0.1) is 0 Å². The van der Waals surface area contributed by atoms with Crippen LogP contribution >= 0.6 is 0 Å². The van der Waals surface area contributed by atoms with E-state index in [4.69, 9.17) is 9.84 Å². The van der Waals surface area contributed by atoms with Crippen molar-refractivity contribution in [3.8, 4) is 0 Å². The number of ether oxygens (including phenoxy) is 1. The molecule has 0 aliphatic rings. The first kappa shape index (κ1) is 11.2. The Hall–Kier alpha value is -0.830. The molecule has 1 N–H and O–H groups in total. The van der Waals surface area contributed by atoms with E-state index >= 15 is 0 Å². The smallest absolute Gasteiger partial charge is 0.333 e. The lowest BCUT2D eigenvalue weighted by molar-refractivity contribution is -0.139. The Labute approximate surface area is 73.0 Å². The van der Waals surface area contributed by atoms with Gasteiger partial charge in [-0.3, -0.25) is 0 Å². The molecule has 3 heteroatoms. The normalized spacial score (nSPS) is 14.2. The summed E-state index contributed by atoms with van der Waals surface area (Å²) in [4.78, 5) is 11.0. The molecule has 70 valence electrons. The summed E-state index contributed by atoms with van der Waals surface area (Å²) in [6.07, 6.45) is 1.77. The number of aliphatic hydroxyl groups is 1. The third-order valence-electron chi connectivity index (χ3n) is 1.52. The molecular weight excluding hydrogens is 156 g/mol. The molecule has 0 aromatic rings. The predicted molar refractivity (Wildman–Crippen MR) is 46.7 cm³/mol. The van der Waals surface area contributed by atoms with Crippen molar-refractivity contribution in [2.45, 2.75) is 33.3 Å². The quantitative estimate of drug-likeness (QED) is 0.513. The SMILES string of the molecule is C/C=C(\C)C(=O)OCCC(C)O. The number of aliphatic hydroxyl groups excluding tert-OH is 1. The second kappa shape index (κ2) is 5.77.